The molecule has 0 N–H and O–H groups in total. The molecule has 0 unspecified atom stereocenters. The number of benzene rings is 1. The quantitative estimate of drug-likeness (QED) is 0.296. The number of thiazole rings is 1. The number of nitrogens with zero attached hydrogens (tertiary/aromatic N) is 4. The van der Waals surface area contributed by atoms with Crippen molar-refractivity contribution in [2.24, 2.45) is 7.05 Å². The lowest BCUT2D eigenvalue weighted by molar-refractivity contribution is -0.191. The summed E-state index contributed by atoms with van der Waals surface area (Å²) in [5.74, 6) is 0. The van der Waals surface area contributed by atoms with Gasteiger partial charge in [-0.1, -0.05) is 54.5 Å². The second-order valence-electron chi connectivity index (χ2n) is 7.45. The van der Waals surface area contributed by atoms with Crippen LogP contribution >= 0.6 is 46.3 Å². The minimum Gasteiger partial charge on any atom is -0.319 e. The summed E-state index contributed by atoms with van der Waals surface area (Å²) in [5.41, 5.74) is 4.29. The van der Waals surface area contributed by atoms with E-state index in [1.54, 1.807) is 57.7 Å². The molecule has 0 aliphatic heterocycles. The molecule has 0 atom stereocenters. The zero-order valence-electron chi connectivity index (χ0n) is 18.7. The molecule has 3 aromatic heterocycles. The summed E-state index contributed by atoms with van der Waals surface area (Å²) in [6.45, 7) is 6.23. The summed E-state index contributed by atoms with van der Waals surface area (Å²) in [7, 11) is 1.73. The number of pyridine rings is 1. The molecule has 0 aliphatic rings. The van der Waals surface area contributed by atoms with Crippen LogP contribution in [0.15, 0.2) is 51.7 Å². The van der Waals surface area contributed by atoms with Gasteiger partial charge in [-0.2, -0.15) is 14.7 Å². The molecular formula is C23H20Cl2N4O3S2. The molecule has 1 aromatic carbocycles. The predicted octanol–water partition coefficient (Wildman–Crippen LogP) is 5.89. The molecule has 0 fully saturated rings. The molecule has 0 radical (unpaired) electrons. The van der Waals surface area contributed by atoms with Crippen LogP contribution in [0.5, 0.6) is 0 Å². The van der Waals surface area contributed by atoms with Crippen LogP contribution in [0.1, 0.15) is 19.5 Å². The average molecular weight is 535 g/mol. The molecule has 0 amide bonds. The molecule has 0 bridgehead atoms. The highest BCUT2D eigenvalue weighted by molar-refractivity contribution is 8.01. The normalized spacial score (nSPS) is 10.7. The first kappa shape index (κ1) is 25.9. The number of carbonyl (C=O) groups excluding carboxylic acids is 2. The van der Waals surface area contributed by atoms with Crippen LogP contribution in [0, 0.1) is 6.92 Å². The maximum atomic E-state index is 12.1. The SMILES string of the molecule is Cc1nn(-c2nc(-c3ccc(Cl)c(Cl)c3)c(SC(C)C)s2)cc1-c1ccn(C)c(=O)c1.O=C=O. The Morgan fingerprint density at radius 2 is 1.79 bits per heavy atom. The summed E-state index contributed by atoms with van der Waals surface area (Å²) in [6.07, 6.45) is 3.93. The second kappa shape index (κ2) is 11.2. The van der Waals surface area contributed by atoms with Gasteiger partial charge in [0.15, 0.2) is 0 Å². The summed E-state index contributed by atoms with van der Waals surface area (Å²) in [5, 5.41) is 6.83. The van der Waals surface area contributed by atoms with Gasteiger partial charge < -0.3 is 4.57 Å². The molecule has 4 aromatic rings. The summed E-state index contributed by atoms with van der Waals surface area (Å²) in [6, 6.07) is 9.09. The van der Waals surface area contributed by atoms with Crippen molar-refractivity contribution in [3.05, 3.63) is 68.8 Å². The summed E-state index contributed by atoms with van der Waals surface area (Å²) >= 11 is 15.7. The predicted molar refractivity (Wildman–Crippen MR) is 136 cm³/mol. The number of rotatable bonds is 5. The van der Waals surface area contributed by atoms with Crippen molar-refractivity contribution >= 4 is 52.5 Å². The fourth-order valence-corrected chi connectivity index (χ4v) is 5.82. The lowest BCUT2D eigenvalue weighted by Crippen LogP contribution is -2.14. The molecular weight excluding hydrogens is 515 g/mol. The minimum atomic E-state index is -0.0589. The standard InChI is InChI=1S/C22H20Cl2N4OS2.CO2/c1-12(2)30-21-20(15-5-6-17(23)18(24)9-15)25-22(31-21)28-11-16(13(3)26-28)14-7-8-27(4)19(29)10-14;2-1-3/h5-12H,1-4H3;. The smallest absolute Gasteiger partial charge is 0.319 e. The average Bonchev–Trinajstić information content (AvgIpc) is 3.36. The Bertz CT molecular complexity index is 1420. The topological polar surface area (TPSA) is 86.8 Å². The van der Waals surface area contributed by atoms with Crippen LogP contribution in [0.4, 0.5) is 0 Å². The van der Waals surface area contributed by atoms with Crippen molar-refractivity contribution < 1.29 is 9.59 Å². The molecule has 0 saturated heterocycles. The van der Waals surface area contributed by atoms with Crippen molar-refractivity contribution in [3.8, 4) is 27.5 Å². The third-order valence-corrected chi connectivity index (χ3v) is 7.63. The van der Waals surface area contributed by atoms with Crippen LogP contribution in [0.25, 0.3) is 27.5 Å². The van der Waals surface area contributed by atoms with Crippen LogP contribution in [-0.4, -0.2) is 30.7 Å². The van der Waals surface area contributed by atoms with Crippen molar-refractivity contribution in [2.75, 3.05) is 0 Å². The molecule has 7 nitrogen and oxygen atoms in total. The van der Waals surface area contributed by atoms with Crippen molar-refractivity contribution in [1.82, 2.24) is 19.3 Å². The van der Waals surface area contributed by atoms with Crippen LogP contribution in [0.3, 0.4) is 0 Å². The molecule has 0 aliphatic carbocycles. The zero-order valence-corrected chi connectivity index (χ0v) is 21.8. The second-order valence-corrected chi connectivity index (χ2v) is 11.1. The molecule has 3 heterocycles. The number of aromatic nitrogens is 4. The fraction of sp³-hybridized carbons (Fsp3) is 0.217. The lowest BCUT2D eigenvalue weighted by atomic mass is 10.1. The first-order chi connectivity index (χ1) is 16.1. The highest BCUT2D eigenvalue weighted by Gasteiger charge is 2.19. The van der Waals surface area contributed by atoms with E-state index in [-0.39, 0.29) is 11.7 Å². The van der Waals surface area contributed by atoms with Crippen LogP contribution in [-0.2, 0) is 16.6 Å². The highest BCUT2D eigenvalue weighted by Crippen LogP contribution is 2.41. The van der Waals surface area contributed by atoms with Gasteiger partial charge >= 0.3 is 6.15 Å². The molecule has 11 heteroatoms. The van der Waals surface area contributed by atoms with Gasteiger partial charge in [-0.25, -0.2) is 9.67 Å². The van der Waals surface area contributed by atoms with Gasteiger partial charge in [0.1, 0.15) is 0 Å². The van der Waals surface area contributed by atoms with Gasteiger partial charge in [0.05, 0.1) is 25.6 Å². The van der Waals surface area contributed by atoms with E-state index in [4.69, 9.17) is 37.8 Å². The van der Waals surface area contributed by atoms with E-state index < -0.39 is 0 Å². The van der Waals surface area contributed by atoms with Gasteiger partial charge in [-0.3, -0.25) is 4.79 Å². The van der Waals surface area contributed by atoms with Crippen LogP contribution < -0.4 is 5.56 Å². The lowest BCUT2D eigenvalue weighted by Gasteiger charge is -2.05. The van der Waals surface area contributed by atoms with Crippen molar-refractivity contribution in [1.29, 1.82) is 0 Å². The van der Waals surface area contributed by atoms with E-state index in [9.17, 15) is 4.79 Å². The molecule has 4 rings (SSSR count). The van der Waals surface area contributed by atoms with E-state index >= 15 is 0 Å². The number of thioether (sulfide) groups is 1. The van der Waals surface area contributed by atoms with Crippen LogP contribution in [0.2, 0.25) is 10.0 Å². The zero-order chi connectivity index (χ0) is 25.0. The van der Waals surface area contributed by atoms with E-state index in [0.717, 1.165) is 37.4 Å². The third kappa shape index (κ3) is 5.87. The van der Waals surface area contributed by atoms with E-state index in [1.165, 1.54) is 0 Å². The Morgan fingerprint density at radius 3 is 2.41 bits per heavy atom. The maximum Gasteiger partial charge on any atom is 0.373 e. The first-order valence-corrected chi connectivity index (χ1v) is 12.5. The Hall–Kier alpha value is -2.68. The first-order valence-electron chi connectivity index (χ1n) is 10.0. The van der Waals surface area contributed by atoms with E-state index in [2.05, 4.69) is 18.9 Å². The Labute approximate surface area is 214 Å². The number of hydrogen-bond acceptors (Lipinski definition) is 7. The Kier molecular flexibility index (Phi) is 8.52. The highest BCUT2D eigenvalue weighted by atomic mass is 35.5. The van der Waals surface area contributed by atoms with E-state index in [1.807, 2.05) is 31.3 Å². The largest absolute Gasteiger partial charge is 0.373 e. The molecule has 34 heavy (non-hydrogen) atoms. The Morgan fingerprint density at radius 1 is 1.09 bits per heavy atom. The van der Waals surface area contributed by atoms with E-state index in [0.29, 0.717) is 15.3 Å². The number of halogens is 2. The number of aryl methyl sites for hydroxylation is 2. The van der Waals surface area contributed by atoms with Gasteiger partial charge in [0.2, 0.25) is 5.13 Å². The maximum absolute atomic E-state index is 12.1. The molecule has 0 spiro atoms. The van der Waals surface area contributed by atoms with Gasteiger partial charge in [0, 0.05) is 41.9 Å². The van der Waals surface area contributed by atoms with Crippen molar-refractivity contribution in [2.45, 2.75) is 30.2 Å². The summed E-state index contributed by atoms with van der Waals surface area (Å²) < 4.78 is 4.41. The summed E-state index contributed by atoms with van der Waals surface area (Å²) in [4.78, 5) is 33.2. The van der Waals surface area contributed by atoms with Gasteiger partial charge in [0.25, 0.3) is 5.56 Å². The third-order valence-electron chi connectivity index (χ3n) is 4.63. The Balaban J connectivity index is 0.00000103. The molecule has 0 saturated carbocycles. The fourth-order valence-electron chi connectivity index (χ4n) is 3.07. The monoisotopic (exact) mass is 534 g/mol. The minimum absolute atomic E-state index is 0.0589. The molecule has 176 valence electrons. The number of hydrogen-bond donors (Lipinski definition) is 0. The van der Waals surface area contributed by atoms with Crippen molar-refractivity contribution in [3.63, 3.8) is 0 Å². The van der Waals surface area contributed by atoms with Gasteiger partial charge in [-0.15, -0.1) is 11.8 Å². The van der Waals surface area contributed by atoms with Gasteiger partial charge in [-0.05, 0) is 30.7 Å².